The Morgan fingerprint density at radius 1 is 1.07 bits per heavy atom. The van der Waals surface area contributed by atoms with Crippen LogP contribution >= 0.6 is 23.2 Å². The molecule has 3 aromatic rings. The molecular weight excluding hydrogens is 411 g/mol. The lowest BCUT2D eigenvalue weighted by Gasteiger charge is -2.10. The maximum Gasteiger partial charge on any atom is 0.298 e. The molecule has 0 bridgehead atoms. The molecule has 0 atom stereocenters. The lowest BCUT2D eigenvalue weighted by atomic mass is 10.1. The largest absolute Gasteiger partial charge is 0.502 e. The van der Waals surface area contributed by atoms with Crippen LogP contribution in [0.5, 0.6) is 5.75 Å². The van der Waals surface area contributed by atoms with Gasteiger partial charge in [-0.1, -0.05) is 47.0 Å². The molecule has 0 radical (unpaired) electrons. The van der Waals surface area contributed by atoms with Crippen LogP contribution < -0.4 is 10.9 Å². The van der Waals surface area contributed by atoms with Crippen molar-refractivity contribution in [1.29, 1.82) is 0 Å². The maximum atomic E-state index is 12.5. The van der Waals surface area contributed by atoms with Crippen LogP contribution in [0, 0.1) is 6.92 Å². The molecule has 150 valence electrons. The number of aromatic hydroxyl groups is 1. The third kappa shape index (κ3) is 5.00. The quantitative estimate of drug-likeness (QED) is 0.564. The fraction of sp³-hybridized carbons (Fsp3) is 0.182. The second-order valence-electron chi connectivity index (χ2n) is 6.70. The van der Waals surface area contributed by atoms with Crippen LogP contribution in [0.2, 0.25) is 10.0 Å². The van der Waals surface area contributed by atoms with Gasteiger partial charge in [-0.2, -0.15) is 0 Å². The zero-order valence-electron chi connectivity index (χ0n) is 15.8. The summed E-state index contributed by atoms with van der Waals surface area (Å²) in [4.78, 5) is 24.8. The van der Waals surface area contributed by atoms with Gasteiger partial charge in [-0.15, -0.1) is 0 Å². The molecule has 2 N–H and O–H groups in total. The van der Waals surface area contributed by atoms with Crippen molar-refractivity contribution >= 4 is 29.1 Å². The summed E-state index contributed by atoms with van der Waals surface area (Å²) in [5.74, 6) is -1.07. The third-order valence-electron chi connectivity index (χ3n) is 4.54. The van der Waals surface area contributed by atoms with Gasteiger partial charge in [0.2, 0.25) is 0 Å². The minimum absolute atomic E-state index is 0.0482. The highest BCUT2D eigenvalue weighted by Crippen LogP contribution is 2.23. The number of benzene rings is 2. The molecule has 0 aliphatic carbocycles. The number of amides is 1. The van der Waals surface area contributed by atoms with Crippen LogP contribution in [0.25, 0.3) is 5.69 Å². The smallest absolute Gasteiger partial charge is 0.298 e. The summed E-state index contributed by atoms with van der Waals surface area (Å²) in [6.07, 6.45) is 2.86. The van der Waals surface area contributed by atoms with E-state index in [0.29, 0.717) is 35.1 Å². The van der Waals surface area contributed by atoms with Crippen LogP contribution in [0.1, 0.15) is 27.9 Å². The summed E-state index contributed by atoms with van der Waals surface area (Å²) in [7, 11) is 0. The lowest BCUT2D eigenvalue weighted by molar-refractivity contribution is 0.0950. The van der Waals surface area contributed by atoms with Gasteiger partial charge in [0.25, 0.3) is 11.5 Å². The molecule has 0 spiro atoms. The van der Waals surface area contributed by atoms with Crippen molar-refractivity contribution in [3.05, 3.63) is 91.8 Å². The van der Waals surface area contributed by atoms with Crippen molar-refractivity contribution in [2.45, 2.75) is 19.8 Å². The third-order valence-corrected chi connectivity index (χ3v) is 5.27. The number of nitrogens with zero attached hydrogens (tertiary/aromatic N) is 1. The van der Waals surface area contributed by atoms with Crippen LogP contribution in [-0.2, 0) is 6.42 Å². The average Bonchev–Trinajstić information content (AvgIpc) is 2.70. The Morgan fingerprint density at radius 2 is 1.79 bits per heavy atom. The fourth-order valence-corrected chi connectivity index (χ4v) is 3.22. The Hall–Kier alpha value is -2.76. The molecule has 5 nitrogen and oxygen atoms in total. The number of aryl methyl sites for hydroxylation is 2. The molecular formula is C22H20Cl2N2O3. The first-order chi connectivity index (χ1) is 13.9. The summed E-state index contributed by atoms with van der Waals surface area (Å²) >= 11 is 11.9. The molecule has 1 amide bonds. The van der Waals surface area contributed by atoms with Crippen LogP contribution in [0.15, 0.2) is 59.5 Å². The molecule has 0 aliphatic rings. The van der Waals surface area contributed by atoms with Gasteiger partial charge in [0, 0.05) is 18.4 Å². The second kappa shape index (κ2) is 9.16. The summed E-state index contributed by atoms with van der Waals surface area (Å²) in [6.45, 7) is 2.33. The highest BCUT2D eigenvalue weighted by atomic mass is 35.5. The number of carbonyl (C=O) groups is 1. The van der Waals surface area contributed by atoms with Crippen LogP contribution in [0.3, 0.4) is 0 Å². The van der Waals surface area contributed by atoms with E-state index in [-0.39, 0.29) is 5.56 Å². The number of halogens is 2. The van der Waals surface area contributed by atoms with Crippen molar-refractivity contribution in [2.24, 2.45) is 0 Å². The molecule has 0 fully saturated rings. The minimum atomic E-state index is -0.641. The Bertz CT molecular complexity index is 1090. The SMILES string of the molecule is Cc1ccc(-n2ccc(C(=O)NCCCc3ccc(Cl)c(Cl)c3)c(O)c2=O)cc1. The zero-order valence-corrected chi connectivity index (χ0v) is 17.3. The fourth-order valence-electron chi connectivity index (χ4n) is 2.90. The normalized spacial score (nSPS) is 10.7. The summed E-state index contributed by atoms with van der Waals surface area (Å²) < 4.78 is 1.30. The van der Waals surface area contributed by atoms with Gasteiger partial charge in [-0.25, -0.2) is 0 Å². The van der Waals surface area contributed by atoms with Gasteiger partial charge >= 0.3 is 0 Å². The van der Waals surface area contributed by atoms with E-state index in [1.807, 2.05) is 25.1 Å². The van der Waals surface area contributed by atoms with Crippen molar-refractivity contribution in [2.75, 3.05) is 6.54 Å². The number of rotatable bonds is 6. The number of hydrogen-bond donors (Lipinski definition) is 2. The van der Waals surface area contributed by atoms with Crippen molar-refractivity contribution in [1.82, 2.24) is 9.88 Å². The van der Waals surface area contributed by atoms with E-state index in [1.165, 1.54) is 16.8 Å². The van der Waals surface area contributed by atoms with Crippen molar-refractivity contribution in [3.8, 4) is 11.4 Å². The van der Waals surface area contributed by atoms with E-state index < -0.39 is 17.2 Å². The molecule has 0 saturated carbocycles. The van der Waals surface area contributed by atoms with Gasteiger partial charge in [-0.3, -0.25) is 14.2 Å². The number of carbonyl (C=O) groups excluding carboxylic acids is 1. The number of hydrogen-bond acceptors (Lipinski definition) is 3. The Kier molecular flexibility index (Phi) is 6.62. The van der Waals surface area contributed by atoms with E-state index in [4.69, 9.17) is 23.2 Å². The molecule has 0 saturated heterocycles. The van der Waals surface area contributed by atoms with Gasteiger partial charge < -0.3 is 10.4 Å². The van der Waals surface area contributed by atoms with E-state index in [1.54, 1.807) is 24.3 Å². The molecule has 1 aromatic heterocycles. The standard InChI is InChI=1S/C22H20Cl2N2O3/c1-14-4-7-16(8-5-14)26-12-10-17(20(27)22(26)29)21(28)25-11-2-3-15-6-9-18(23)19(24)13-15/h4-10,12-13,27H,2-3,11H2,1H3,(H,25,28). The average molecular weight is 431 g/mol. The number of pyridine rings is 1. The van der Waals surface area contributed by atoms with Gasteiger partial charge in [-0.05, 0) is 55.7 Å². The molecule has 3 rings (SSSR count). The first-order valence-electron chi connectivity index (χ1n) is 9.10. The van der Waals surface area contributed by atoms with E-state index in [2.05, 4.69) is 5.32 Å². The molecule has 29 heavy (non-hydrogen) atoms. The minimum Gasteiger partial charge on any atom is -0.502 e. The van der Waals surface area contributed by atoms with Crippen molar-refractivity contribution < 1.29 is 9.90 Å². The van der Waals surface area contributed by atoms with Crippen LogP contribution in [0.4, 0.5) is 0 Å². The summed E-state index contributed by atoms with van der Waals surface area (Å²) in [6, 6.07) is 14.1. The summed E-state index contributed by atoms with van der Waals surface area (Å²) in [5.41, 5.74) is 2.00. The van der Waals surface area contributed by atoms with E-state index >= 15 is 0 Å². The van der Waals surface area contributed by atoms with Gasteiger partial charge in [0.15, 0.2) is 5.75 Å². The Morgan fingerprint density at radius 3 is 2.48 bits per heavy atom. The number of aromatic nitrogens is 1. The Balaban J connectivity index is 1.63. The van der Waals surface area contributed by atoms with Gasteiger partial charge in [0.1, 0.15) is 0 Å². The van der Waals surface area contributed by atoms with Crippen molar-refractivity contribution in [3.63, 3.8) is 0 Å². The lowest BCUT2D eigenvalue weighted by Crippen LogP contribution is -2.28. The first kappa shape index (κ1) is 21.0. The van der Waals surface area contributed by atoms with Crippen LogP contribution in [-0.4, -0.2) is 22.1 Å². The second-order valence-corrected chi connectivity index (χ2v) is 7.51. The zero-order chi connectivity index (χ0) is 21.0. The van der Waals surface area contributed by atoms with E-state index in [9.17, 15) is 14.7 Å². The number of nitrogens with one attached hydrogen (secondary N) is 1. The molecule has 0 aliphatic heterocycles. The highest BCUT2D eigenvalue weighted by Gasteiger charge is 2.16. The monoisotopic (exact) mass is 430 g/mol. The maximum absolute atomic E-state index is 12.5. The summed E-state index contributed by atoms with van der Waals surface area (Å²) in [5, 5.41) is 14.0. The highest BCUT2D eigenvalue weighted by molar-refractivity contribution is 6.42. The molecule has 0 unspecified atom stereocenters. The molecule has 2 aromatic carbocycles. The van der Waals surface area contributed by atoms with Gasteiger partial charge in [0.05, 0.1) is 15.6 Å². The predicted octanol–water partition coefficient (Wildman–Crippen LogP) is 4.52. The molecule has 1 heterocycles. The predicted molar refractivity (Wildman–Crippen MR) is 116 cm³/mol. The Labute approximate surface area is 178 Å². The van der Waals surface area contributed by atoms with E-state index in [0.717, 1.165) is 11.1 Å². The first-order valence-corrected chi connectivity index (χ1v) is 9.86. The topological polar surface area (TPSA) is 71.3 Å². The molecule has 7 heteroatoms.